The molecule has 1 aliphatic rings. The minimum Gasteiger partial charge on any atom is -0.384 e. The van der Waals surface area contributed by atoms with Crippen LogP contribution >= 0.6 is 0 Å². The zero-order valence-electron chi connectivity index (χ0n) is 11.6. The van der Waals surface area contributed by atoms with Gasteiger partial charge in [0, 0.05) is 19.6 Å². The van der Waals surface area contributed by atoms with Gasteiger partial charge in [-0.1, -0.05) is 20.8 Å². The van der Waals surface area contributed by atoms with E-state index in [9.17, 15) is 0 Å². The van der Waals surface area contributed by atoms with Gasteiger partial charge < -0.3 is 10.5 Å². The number of aromatic nitrogens is 1. The molecule has 0 radical (unpaired) electrons. The Labute approximate surface area is 109 Å². The summed E-state index contributed by atoms with van der Waals surface area (Å²) in [7, 11) is 0. The van der Waals surface area contributed by atoms with Gasteiger partial charge in [-0.25, -0.2) is 4.98 Å². The molecule has 1 saturated heterocycles. The van der Waals surface area contributed by atoms with E-state index in [0.29, 0.717) is 5.82 Å². The molecule has 0 aliphatic carbocycles. The van der Waals surface area contributed by atoms with Gasteiger partial charge in [0.2, 0.25) is 0 Å². The van der Waals surface area contributed by atoms with Crippen LogP contribution in [0.3, 0.4) is 0 Å². The van der Waals surface area contributed by atoms with Crippen molar-refractivity contribution in [2.24, 2.45) is 0 Å². The lowest BCUT2D eigenvalue weighted by Crippen LogP contribution is -2.36. The number of hydrogen-bond donors (Lipinski definition) is 1. The monoisotopic (exact) mass is 249 g/mol. The lowest BCUT2D eigenvalue weighted by molar-refractivity contribution is 0.0336. The highest BCUT2D eigenvalue weighted by Crippen LogP contribution is 2.24. The van der Waals surface area contributed by atoms with Crippen molar-refractivity contribution < 1.29 is 4.74 Å². The van der Waals surface area contributed by atoms with Gasteiger partial charge >= 0.3 is 0 Å². The maximum Gasteiger partial charge on any atom is 0.123 e. The Morgan fingerprint density at radius 2 is 1.94 bits per heavy atom. The summed E-state index contributed by atoms with van der Waals surface area (Å²) in [5.41, 5.74) is 8.32. The third-order valence-corrected chi connectivity index (χ3v) is 3.25. The maximum atomic E-state index is 5.91. The molecule has 1 aromatic rings. The van der Waals surface area contributed by atoms with E-state index in [1.807, 2.05) is 6.07 Å². The molecular weight excluding hydrogens is 226 g/mol. The van der Waals surface area contributed by atoms with Crippen molar-refractivity contribution >= 4 is 5.82 Å². The van der Waals surface area contributed by atoms with Gasteiger partial charge in [0.05, 0.1) is 18.9 Å². The highest BCUT2D eigenvalue weighted by atomic mass is 16.5. The maximum absolute atomic E-state index is 5.91. The number of hydrogen-bond acceptors (Lipinski definition) is 4. The predicted molar refractivity (Wildman–Crippen MR) is 73.4 cm³/mol. The van der Waals surface area contributed by atoms with E-state index in [1.165, 1.54) is 5.56 Å². The molecule has 1 aliphatic heterocycles. The van der Waals surface area contributed by atoms with Crippen LogP contribution in [0, 0.1) is 0 Å². The lowest BCUT2D eigenvalue weighted by Gasteiger charge is -2.27. The van der Waals surface area contributed by atoms with E-state index < -0.39 is 0 Å². The van der Waals surface area contributed by atoms with Crippen LogP contribution in [-0.2, 0) is 16.7 Å². The van der Waals surface area contributed by atoms with E-state index in [1.54, 1.807) is 0 Å². The second-order valence-corrected chi connectivity index (χ2v) is 5.91. The summed E-state index contributed by atoms with van der Waals surface area (Å²) >= 11 is 0. The molecular formula is C14H23N3O. The highest BCUT2D eigenvalue weighted by molar-refractivity contribution is 5.38. The zero-order chi connectivity index (χ0) is 13.2. The third kappa shape index (κ3) is 3.43. The van der Waals surface area contributed by atoms with Crippen LogP contribution in [-0.4, -0.2) is 36.2 Å². The van der Waals surface area contributed by atoms with Gasteiger partial charge in [0.15, 0.2) is 0 Å². The molecule has 0 aromatic carbocycles. The van der Waals surface area contributed by atoms with E-state index in [0.717, 1.165) is 38.5 Å². The molecule has 0 bridgehead atoms. The molecule has 100 valence electrons. The molecule has 1 fully saturated rings. The van der Waals surface area contributed by atoms with Crippen molar-refractivity contribution in [1.29, 1.82) is 0 Å². The van der Waals surface area contributed by atoms with Gasteiger partial charge in [-0.3, -0.25) is 4.90 Å². The third-order valence-electron chi connectivity index (χ3n) is 3.25. The lowest BCUT2D eigenvalue weighted by atomic mass is 9.87. The largest absolute Gasteiger partial charge is 0.384 e. The second kappa shape index (κ2) is 5.24. The molecule has 4 heteroatoms. The van der Waals surface area contributed by atoms with Crippen molar-refractivity contribution in [3.63, 3.8) is 0 Å². The summed E-state index contributed by atoms with van der Waals surface area (Å²) in [6.07, 6.45) is 0. The molecule has 0 atom stereocenters. The van der Waals surface area contributed by atoms with E-state index in [-0.39, 0.29) is 5.41 Å². The average Bonchev–Trinajstić information content (AvgIpc) is 2.28. The van der Waals surface area contributed by atoms with Gasteiger partial charge in [-0.05, 0) is 23.1 Å². The van der Waals surface area contributed by atoms with Crippen molar-refractivity contribution in [2.75, 3.05) is 32.0 Å². The van der Waals surface area contributed by atoms with Gasteiger partial charge in [-0.15, -0.1) is 0 Å². The minimum atomic E-state index is 0.108. The number of nitrogens with two attached hydrogens (primary N) is 1. The van der Waals surface area contributed by atoms with E-state index >= 15 is 0 Å². The molecule has 1 aromatic heterocycles. The summed E-state index contributed by atoms with van der Waals surface area (Å²) in [5, 5.41) is 0. The van der Waals surface area contributed by atoms with E-state index in [2.05, 4.69) is 36.7 Å². The SMILES string of the molecule is CC(C)(C)c1cc(N)nc(CN2CCOCC2)c1. The summed E-state index contributed by atoms with van der Waals surface area (Å²) in [6, 6.07) is 4.15. The summed E-state index contributed by atoms with van der Waals surface area (Å²) in [4.78, 5) is 6.80. The topological polar surface area (TPSA) is 51.4 Å². The Morgan fingerprint density at radius 1 is 1.28 bits per heavy atom. The minimum absolute atomic E-state index is 0.108. The number of nitrogen functional groups attached to an aromatic ring is 1. The van der Waals surface area contributed by atoms with Crippen molar-refractivity contribution in [1.82, 2.24) is 9.88 Å². The van der Waals surface area contributed by atoms with Crippen molar-refractivity contribution in [3.8, 4) is 0 Å². The number of nitrogens with zero attached hydrogens (tertiary/aromatic N) is 2. The van der Waals surface area contributed by atoms with Crippen LogP contribution in [0.15, 0.2) is 12.1 Å². The number of pyridine rings is 1. The van der Waals surface area contributed by atoms with Crippen LogP contribution in [0.4, 0.5) is 5.82 Å². The van der Waals surface area contributed by atoms with Crippen LogP contribution < -0.4 is 5.73 Å². The first-order valence-corrected chi connectivity index (χ1v) is 6.52. The Morgan fingerprint density at radius 3 is 2.56 bits per heavy atom. The van der Waals surface area contributed by atoms with Gasteiger partial charge in [0.25, 0.3) is 0 Å². The standard InChI is InChI=1S/C14H23N3O/c1-14(2,3)11-8-12(16-13(15)9-11)10-17-4-6-18-7-5-17/h8-9H,4-7,10H2,1-3H3,(H2,15,16). The van der Waals surface area contributed by atoms with Crippen molar-refractivity contribution in [2.45, 2.75) is 32.7 Å². The highest BCUT2D eigenvalue weighted by Gasteiger charge is 2.17. The van der Waals surface area contributed by atoms with Crippen LogP contribution in [0.25, 0.3) is 0 Å². The molecule has 18 heavy (non-hydrogen) atoms. The molecule has 4 nitrogen and oxygen atoms in total. The van der Waals surface area contributed by atoms with Crippen LogP contribution in [0.2, 0.25) is 0 Å². The molecule has 0 spiro atoms. The first-order valence-electron chi connectivity index (χ1n) is 6.52. The molecule has 2 heterocycles. The fraction of sp³-hybridized carbons (Fsp3) is 0.643. The molecule has 0 saturated carbocycles. The Balaban J connectivity index is 2.14. The van der Waals surface area contributed by atoms with Gasteiger partial charge in [0.1, 0.15) is 5.82 Å². The Hall–Kier alpha value is -1.13. The fourth-order valence-electron chi connectivity index (χ4n) is 2.11. The van der Waals surface area contributed by atoms with Gasteiger partial charge in [-0.2, -0.15) is 0 Å². The van der Waals surface area contributed by atoms with Crippen LogP contribution in [0.1, 0.15) is 32.0 Å². The Kier molecular flexibility index (Phi) is 3.88. The first-order chi connectivity index (χ1) is 8.45. The number of ether oxygens (including phenoxy) is 1. The summed E-state index contributed by atoms with van der Waals surface area (Å²) < 4.78 is 5.35. The fourth-order valence-corrected chi connectivity index (χ4v) is 2.11. The first kappa shape index (κ1) is 13.3. The predicted octanol–water partition coefficient (Wildman–Crippen LogP) is 1.79. The quantitative estimate of drug-likeness (QED) is 0.868. The molecule has 0 amide bonds. The smallest absolute Gasteiger partial charge is 0.123 e. The van der Waals surface area contributed by atoms with Crippen LogP contribution in [0.5, 0.6) is 0 Å². The van der Waals surface area contributed by atoms with E-state index in [4.69, 9.17) is 10.5 Å². The number of anilines is 1. The zero-order valence-corrected chi connectivity index (χ0v) is 11.6. The normalized spacial score (nSPS) is 17.9. The average molecular weight is 249 g/mol. The molecule has 2 rings (SSSR count). The number of morpholine rings is 1. The number of rotatable bonds is 2. The Bertz CT molecular complexity index is 406. The molecule has 0 unspecified atom stereocenters. The summed E-state index contributed by atoms with van der Waals surface area (Å²) in [5.74, 6) is 0.616. The summed E-state index contributed by atoms with van der Waals surface area (Å²) in [6.45, 7) is 11.0. The molecule has 2 N–H and O–H groups in total. The van der Waals surface area contributed by atoms with Crippen molar-refractivity contribution in [3.05, 3.63) is 23.4 Å². The second-order valence-electron chi connectivity index (χ2n) is 5.91.